The quantitative estimate of drug-likeness (QED) is 0.559. The van der Waals surface area contributed by atoms with Crippen LogP contribution < -0.4 is 5.32 Å². The number of halogens is 1. The molecule has 31 heavy (non-hydrogen) atoms. The fourth-order valence-electron chi connectivity index (χ4n) is 3.78. The Morgan fingerprint density at radius 3 is 2.61 bits per heavy atom. The first-order chi connectivity index (χ1) is 14.7. The predicted octanol–water partition coefficient (Wildman–Crippen LogP) is 4.85. The van der Waals surface area contributed by atoms with E-state index in [2.05, 4.69) is 10.3 Å². The third-order valence-corrected chi connectivity index (χ3v) is 8.08. The molecule has 0 spiro atoms. The molecule has 3 aromatic rings. The molecule has 0 radical (unpaired) electrons. The molecular weight excluding hydrogens is 440 g/mol. The van der Waals surface area contributed by atoms with E-state index in [1.54, 1.807) is 32.0 Å². The summed E-state index contributed by atoms with van der Waals surface area (Å²) in [5.74, 6) is 0.789. The topological polar surface area (TPSA) is 102 Å². The van der Waals surface area contributed by atoms with Crippen molar-refractivity contribution >= 4 is 38.4 Å². The summed E-state index contributed by atoms with van der Waals surface area (Å²) in [6, 6.07) is 8.49. The van der Waals surface area contributed by atoms with E-state index in [0.29, 0.717) is 10.9 Å². The Bertz CT molecular complexity index is 1190. The molecule has 1 aromatic carbocycles. The van der Waals surface area contributed by atoms with Crippen molar-refractivity contribution in [2.24, 2.45) is 0 Å². The summed E-state index contributed by atoms with van der Waals surface area (Å²) in [7, 11) is -3.28. The van der Waals surface area contributed by atoms with Crippen molar-refractivity contribution in [1.29, 1.82) is 0 Å². The van der Waals surface area contributed by atoms with Gasteiger partial charge in [0.15, 0.2) is 27.1 Å². The summed E-state index contributed by atoms with van der Waals surface area (Å²) < 4.78 is 35.4. The normalized spacial score (nSPS) is 19.7. The first-order valence-corrected chi connectivity index (χ1v) is 12.5. The van der Waals surface area contributed by atoms with Crippen molar-refractivity contribution in [3.63, 3.8) is 0 Å². The molecule has 7 nitrogen and oxygen atoms in total. The lowest BCUT2D eigenvalue weighted by molar-refractivity contribution is 0.0895. The zero-order valence-corrected chi connectivity index (χ0v) is 19.0. The molecule has 166 valence electrons. The Balaban J connectivity index is 1.33. The van der Waals surface area contributed by atoms with Crippen LogP contribution in [0.5, 0.6) is 0 Å². The highest BCUT2D eigenvalue weighted by atomic mass is 35.5. The second kappa shape index (κ2) is 8.67. The van der Waals surface area contributed by atoms with E-state index in [9.17, 15) is 13.2 Å². The minimum atomic E-state index is -3.28. The lowest BCUT2D eigenvalue weighted by Crippen LogP contribution is -2.37. The van der Waals surface area contributed by atoms with Crippen LogP contribution in [0.25, 0.3) is 11.1 Å². The molecule has 0 saturated heterocycles. The summed E-state index contributed by atoms with van der Waals surface area (Å²) in [6.45, 7) is 3.25. The maximum absolute atomic E-state index is 12.5. The molecule has 1 saturated carbocycles. The van der Waals surface area contributed by atoms with Gasteiger partial charge in [-0.25, -0.2) is 13.4 Å². The largest absolute Gasteiger partial charge is 0.455 e. The van der Waals surface area contributed by atoms with Gasteiger partial charge in [-0.3, -0.25) is 4.79 Å². The monoisotopic (exact) mass is 464 g/mol. The van der Waals surface area contributed by atoms with Crippen LogP contribution in [0.4, 0.5) is 0 Å². The highest BCUT2D eigenvalue weighted by Gasteiger charge is 2.28. The van der Waals surface area contributed by atoms with Crippen LogP contribution in [0.2, 0.25) is 5.02 Å². The van der Waals surface area contributed by atoms with Gasteiger partial charge in [0.25, 0.3) is 5.91 Å². The van der Waals surface area contributed by atoms with Crippen molar-refractivity contribution in [1.82, 2.24) is 10.3 Å². The lowest BCUT2D eigenvalue weighted by atomic mass is 9.86. The number of amides is 1. The van der Waals surface area contributed by atoms with Crippen LogP contribution in [0.15, 0.2) is 39.2 Å². The van der Waals surface area contributed by atoms with E-state index in [4.69, 9.17) is 20.4 Å². The molecule has 0 unspecified atom stereocenters. The number of nitrogens with zero attached hydrogens (tertiary/aromatic N) is 1. The van der Waals surface area contributed by atoms with Gasteiger partial charge >= 0.3 is 0 Å². The van der Waals surface area contributed by atoms with E-state index in [1.807, 2.05) is 6.07 Å². The maximum Gasteiger partial charge on any atom is 0.287 e. The molecule has 0 atom stereocenters. The fourth-order valence-corrected chi connectivity index (χ4v) is 4.83. The molecule has 1 amide bonds. The first-order valence-electron chi connectivity index (χ1n) is 10.4. The molecule has 2 aromatic heterocycles. The van der Waals surface area contributed by atoms with Gasteiger partial charge < -0.3 is 14.2 Å². The van der Waals surface area contributed by atoms with Gasteiger partial charge in [-0.1, -0.05) is 11.6 Å². The zero-order valence-electron chi connectivity index (χ0n) is 17.4. The average Bonchev–Trinajstić information content (AvgIpc) is 3.34. The standard InChI is InChI=1S/C22H25ClN2O5S/c1-13(2)31(27,28)12-17-8-10-20(29-17)21(26)24-16-6-3-14(4-7-16)22-25-18-11-15(23)5-9-19(18)30-22/h5,8-11,13-14,16H,3-4,6-7,12H2,1-2H3,(H,24,26). The van der Waals surface area contributed by atoms with Crippen molar-refractivity contribution in [2.75, 3.05) is 0 Å². The summed E-state index contributed by atoms with van der Waals surface area (Å²) in [4.78, 5) is 17.1. The number of oxazole rings is 1. The van der Waals surface area contributed by atoms with Gasteiger partial charge in [-0.15, -0.1) is 0 Å². The van der Waals surface area contributed by atoms with Crippen LogP contribution in [0.1, 0.15) is 67.7 Å². The molecule has 0 bridgehead atoms. The summed E-state index contributed by atoms with van der Waals surface area (Å²) in [5, 5.41) is 3.12. The van der Waals surface area contributed by atoms with Crippen molar-refractivity contribution in [3.05, 3.63) is 52.8 Å². The number of fused-ring (bicyclic) bond motifs is 1. The summed E-state index contributed by atoms with van der Waals surface area (Å²) >= 11 is 6.02. The van der Waals surface area contributed by atoms with Crippen LogP contribution in [0, 0.1) is 0 Å². The molecule has 1 aliphatic carbocycles. The molecule has 1 N–H and O–H groups in total. The molecule has 2 heterocycles. The molecule has 1 aliphatic rings. The van der Waals surface area contributed by atoms with Gasteiger partial charge in [-0.05, 0) is 69.9 Å². The highest BCUT2D eigenvalue weighted by molar-refractivity contribution is 7.91. The van der Waals surface area contributed by atoms with Crippen molar-refractivity contribution in [3.8, 4) is 0 Å². The van der Waals surface area contributed by atoms with Crippen LogP contribution >= 0.6 is 11.6 Å². The van der Waals surface area contributed by atoms with Gasteiger partial charge in [0.1, 0.15) is 17.0 Å². The fraction of sp³-hybridized carbons (Fsp3) is 0.455. The van der Waals surface area contributed by atoms with E-state index >= 15 is 0 Å². The Hall–Kier alpha value is -2.32. The van der Waals surface area contributed by atoms with Crippen LogP contribution in [-0.4, -0.2) is 30.6 Å². The summed E-state index contributed by atoms with van der Waals surface area (Å²) in [6.07, 6.45) is 3.29. The molecular formula is C22H25ClN2O5S. The van der Waals surface area contributed by atoms with E-state index in [1.165, 1.54) is 6.07 Å². The highest BCUT2D eigenvalue weighted by Crippen LogP contribution is 2.34. The number of benzene rings is 1. The summed E-state index contributed by atoms with van der Waals surface area (Å²) in [5.41, 5.74) is 1.48. The van der Waals surface area contributed by atoms with E-state index in [0.717, 1.165) is 36.8 Å². The second-order valence-corrected chi connectivity index (χ2v) is 11.3. The maximum atomic E-state index is 12.5. The van der Waals surface area contributed by atoms with Crippen molar-refractivity contribution < 1.29 is 22.0 Å². The van der Waals surface area contributed by atoms with E-state index < -0.39 is 15.1 Å². The number of hydrogen-bond acceptors (Lipinski definition) is 6. The first kappa shape index (κ1) is 21.9. The average molecular weight is 465 g/mol. The van der Waals surface area contributed by atoms with Crippen molar-refractivity contribution in [2.45, 2.75) is 62.5 Å². The SMILES string of the molecule is CC(C)S(=O)(=O)Cc1ccc(C(=O)NC2CCC(c3nc4cc(Cl)ccc4o3)CC2)o1. The van der Waals surface area contributed by atoms with Gasteiger partial charge in [0, 0.05) is 17.0 Å². The Labute approximate surface area is 186 Å². The number of aromatic nitrogens is 1. The van der Waals surface area contributed by atoms with Crippen LogP contribution in [0.3, 0.4) is 0 Å². The number of carbonyl (C=O) groups is 1. The number of carbonyl (C=O) groups excluding carboxylic acids is 1. The minimum absolute atomic E-state index is 0.0236. The zero-order chi connectivity index (χ0) is 22.2. The van der Waals surface area contributed by atoms with Gasteiger partial charge in [0.05, 0.1) is 5.25 Å². The number of furan rings is 1. The minimum Gasteiger partial charge on any atom is -0.455 e. The van der Waals surface area contributed by atoms with Gasteiger partial charge in [-0.2, -0.15) is 0 Å². The number of nitrogens with one attached hydrogen (secondary N) is 1. The second-order valence-electron chi connectivity index (χ2n) is 8.31. The molecule has 1 fully saturated rings. The Morgan fingerprint density at radius 2 is 1.90 bits per heavy atom. The van der Waals surface area contributed by atoms with Gasteiger partial charge in [0.2, 0.25) is 0 Å². The molecule has 4 rings (SSSR count). The molecule has 9 heteroatoms. The lowest BCUT2D eigenvalue weighted by Gasteiger charge is -2.27. The van der Waals surface area contributed by atoms with E-state index in [-0.39, 0.29) is 35.1 Å². The smallest absolute Gasteiger partial charge is 0.287 e. The number of hydrogen-bond donors (Lipinski definition) is 1. The predicted molar refractivity (Wildman–Crippen MR) is 118 cm³/mol. The number of rotatable bonds is 6. The Morgan fingerprint density at radius 1 is 1.16 bits per heavy atom. The third-order valence-electron chi connectivity index (χ3n) is 5.72. The third kappa shape index (κ3) is 4.96. The van der Waals surface area contributed by atoms with Crippen LogP contribution in [-0.2, 0) is 15.6 Å². The molecule has 0 aliphatic heterocycles. The Kier molecular flexibility index (Phi) is 6.12. The number of sulfone groups is 1.